The molecule has 0 radical (unpaired) electrons. The Morgan fingerprint density at radius 1 is 1.36 bits per heavy atom. The van der Waals surface area contributed by atoms with Gasteiger partial charge in [-0.2, -0.15) is 0 Å². The van der Waals surface area contributed by atoms with Gasteiger partial charge in [-0.15, -0.1) is 0 Å². The molecule has 122 valence electrons. The predicted octanol–water partition coefficient (Wildman–Crippen LogP) is 2.88. The minimum absolute atomic E-state index is 0.244. The van der Waals surface area contributed by atoms with Crippen LogP contribution in [-0.4, -0.2) is 37.4 Å². The van der Waals surface area contributed by atoms with E-state index in [1.807, 2.05) is 26.8 Å². The smallest absolute Gasteiger partial charge is 0.337 e. The van der Waals surface area contributed by atoms with E-state index in [0.717, 1.165) is 24.2 Å². The normalized spacial score (nSPS) is 10.4. The van der Waals surface area contributed by atoms with Crippen LogP contribution in [0.15, 0.2) is 18.2 Å². The fraction of sp³-hybridized carbons (Fsp3) is 0.500. The quantitative estimate of drug-likeness (QED) is 0.457. The summed E-state index contributed by atoms with van der Waals surface area (Å²) in [5.74, 6) is -0.368. The monoisotopic (exact) mass is 324 g/mol. The summed E-state index contributed by atoms with van der Waals surface area (Å²) in [6.07, 6.45) is 1.12. The standard InChI is InChI=1S/C16H24N2O3S/c1-11(2)21-9-5-8-17-16(22)18-14-10-13(15(19)20-4)7-6-12(14)3/h6-7,10-11H,5,8-9H2,1-4H3,(H2,17,18,22). The van der Waals surface area contributed by atoms with Gasteiger partial charge < -0.3 is 20.1 Å². The maximum Gasteiger partial charge on any atom is 0.337 e. The van der Waals surface area contributed by atoms with Crippen LogP contribution < -0.4 is 10.6 Å². The van der Waals surface area contributed by atoms with Crippen molar-refractivity contribution < 1.29 is 14.3 Å². The van der Waals surface area contributed by atoms with Crippen LogP contribution >= 0.6 is 12.2 Å². The zero-order chi connectivity index (χ0) is 16.5. The molecule has 22 heavy (non-hydrogen) atoms. The van der Waals surface area contributed by atoms with E-state index in [2.05, 4.69) is 10.6 Å². The molecule has 1 rings (SSSR count). The fourth-order valence-corrected chi connectivity index (χ4v) is 1.97. The Hall–Kier alpha value is -1.66. The molecule has 0 aliphatic carbocycles. The van der Waals surface area contributed by atoms with Crippen molar-refractivity contribution in [1.82, 2.24) is 5.32 Å². The molecular formula is C16H24N2O3S. The highest BCUT2D eigenvalue weighted by atomic mass is 32.1. The molecule has 5 nitrogen and oxygen atoms in total. The average Bonchev–Trinajstić information content (AvgIpc) is 2.48. The van der Waals surface area contributed by atoms with Crippen LogP contribution in [0.5, 0.6) is 0 Å². The molecule has 0 unspecified atom stereocenters. The number of carbonyl (C=O) groups is 1. The van der Waals surface area contributed by atoms with Crippen molar-refractivity contribution in [2.24, 2.45) is 0 Å². The van der Waals surface area contributed by atoms with Crippen LogP contribution in [0, 0.1) is 6.92 Å². The molecule has 1 aromatic carbocycles. The first-order chi connectivity index (χ1) is 10.4. The van der Waals surface area contributed by atoms with E-state index in [0.29, 0.717) is 17.3 Å². The number of ether oxygens (including phenoxy) is 2. The molecular weight excluding hydrogens is 300 g/mol. The lowest BCUT2D eigenvalue weighted by atomic mass is 10.1. The minimum Gasteiger partial charge on any atom is -0.465 e. The van der Waals surface area contributed by atoms with Gasteiger partial charge >= 0.3 is 5.97 Å². The second-order valence-corrected chi connectivity index (χ2v) is 5.58. The van der Waals surface area contributed by atoms with Gasteiger partial charge in [-0.25, -0.2) is 4.79 Å². The maximum atomic E-state index is 11.5. The third kappa shape index (κ3) is 6.41. The first-order valence-corrected chi connectivity index (χ1v) is 7.70. The number of anilines is 1. The summed E-state index contributed by atoms with van der Waals surface area (Å²) in [4.78, 5) is 11.5. The fourth-order valence-electron chi connectivity index (χ4n) is 1.76. The Morgan fingerprint density at radius 3 is 2.73 bits per heavy atom. The van der Waals surface area contributed by atoms with E-state index in [9.17, 15) is 4.79 Å². The number of thiocarbonyl (C=S) groups is 1. The van der Waals surface area contributed by atoms with Crippen LogP contribution in [0.4, 0.5) is 5.69 Å². The van der Waals surface area contributed by atoms with Crippen molar-refractivity contribution in [3.63, 3.8) is 0 Å². The van der Waals surface area contributed by atoms with Crippen LogP contribution in [0.3, 0.4) is 0 Å². The Labute approximate surface area is 137 Å². The van der Waals surface area contributed by atoms with Crippen LogP contribution in [0.1, 0.15) is 36.2 Å². The molecule has 0 aliphatic heterocycles. The lowest BCUT2D eigenvalue weighted by Gasteiger charge is -2.14. The molecule has 2 N–H and O–H groups in total. The minimum atomic E-state index is -0.368. The second-order valence-electron chi connectivity index (χ2n) is 5.18. The van der Waals surface area contributed by atoms with Gasteiger partial charge in [0.05, 0.1) is 18.8 Å². The molecule has 0 aliphatic rings. The molecule has 1 aromatic rings. The second kappa shape index (κ2) is 9.38. The van der Waals surface area contributed by atoms with Crippen molar-refractivity contribution in [3.05, 3.63) is 29.3 Å². The third-order valence-electron chi connectivity index (χ3n) is 2.96. The SMILES string of the molecule is COC(=O)c1ccc(C)c(NC(=S)NCCCOC(C)C)c1. The number of benzene rings is 1. The summed E-state index contributed by atoms with van der Waals surface area (Å²) in [5.41, 5.74) is 2.28. The maximum absolute atomic E-state index is 11.5. The average molecular weight is 324 g/mol. The van der Waals surface area contributed by atoms with Gasteiger partial charge in [0.1, 0.15) is 0 Å². The number of esters is 1. The lowest BCUT2D eigenvalue weighted by Crippen LogP contribution is -2.30. The largest absolute Gasteiger partial charge is 0.465 e. The van der Waals surface area contributed by atoms with Crippen LogP contribution in [0.25, 0.3) is 0 Å². The van der Waals surface area contributed by atoms with E-state index in [-0.39, 0.29) is 12.1 Å². The lowest BCUT2D eigenvalue weighted by molar-refractivity contribution is 0.0600. The topological polar surface area (TPSA) is 59.6 Å². The molecule has 0 heterocycles. The summed E-state index contributed by atoms with van der Waals surface area (Å²) < 4.78 is 10.2. The Balaban J connectivity index is 2.48. The summed E-state index contributed by atoms with van der Waals surface area (Å²) in [6.45, 7) is 7.40. The molecule has 0 fully saturated rings. The molecule has 0 saturated carbocycles. The highest BCUT2D eigenvalue weighted by Crippen LogP contribution is 2.17. The number of nitrogens with one attached hydrogen (secondary N) is 2. The van der Waals surface area contributed by atoms with E-state index < -0.39 is 0 Å². The van der Waals surface area contributed by atoms with Crippen molar-refractivity contribution in [2.45, 2.75) is 33.3 Å². The summed E-state index contributed by atoms with van der Waals surface area (Å²) in [7, 11) is 1.36. The van der Waals surface area contributed by atoms with E-state index in [1.165, 1.54) is 7.11 Å². The Morgan fingerprint density at radius 2 is 2.09 bits per heavy atom. The number of hydrogen-bond acceptors (Lipinski definition) is 4. The Kier molecular flexibility index (Phi) is 7.84. The van der Waals surface area contributed by atoms with Gasteiger partial charge in [-0.3, -0.25) is 0 Å². The van der Waals surface area contributed by atoms with Gasteiger partial charge in [0.2, 0.25) is 0 Å². The van der Waals surface area contributed by atoms with Gasteiger partial charge in [0, 0.05) is 18.8 Å². The predicted molar refractivity (Wildman–Crippen MR) is 92.4 cm³/mol. The summed E-state index contributed by atoms with van der Waals surface area (Å²) in [6, 6.07) is 5.32. The number of aryl methyl sites for hydroxylation is 1. The third-order valence-corrected chi connectivity index (χ3v) is 3.21. The molecule has 0 saturated heterocycles. The van der Waals surface area contributed by atoms with Gasteiger partial charge in [-0.1, -0.05) is 6.07 Å². The van der Waals surface area contributed by atoms with Gasteiger partial charge in [0.25, 0.3) is 0 Å². The number of hydrogen-bond donors (Lipinski definition) is 2. The highest BCUT2D eigenvalue weighted by Gasteiger charge is 2.08. The zero-order valence-corrected chi connectivity index (χ0v) is 14.4. The number of rotatable bonds is 7. The highest BCUT2D eigenvalue weighted by molar-refractivity contribution is 7.80. The van der Waals surface area contributed by atoms with E-state index >= 15 is 0 Å². The number of carbonyl (C=O) groups excluding carboxylic acids is 1. The van der Waals surface area contributed by atoms with Crippen molar-refractivity contribution >= 4 is 29.0 Å². The van der Waals surface area contributed by atoms with Gasteiger partial charge in [0.15, 0.2) is 5.11 Å². The summed E-state index contributed by atoms with van der Waals surface area (Å²) in [5, 5.41) is 6.74. The number of methoxy groups -OCH3 is 1. The van der Waals surface area contributed by atoms with Gasteiger partial charge in [-0.05, 0) is 57.1 Å². The molecule has 0 bridgehead atoms. The van der Waals surface area contributed by atoms with Crippen LogP contribution in [-0.2, 0) is 9.47 Å². The first kappa shape index (κ1) is 18.4. The van der Waals surface area contributed by atoms with Crippen molar-refractivity contribution in [1.29, 1.82) is 0 Å². The molecule has 0 spiro atoms. The van der Waals surface area contributed by atoms with Crippen LogP contribution in [0.2, 0.25) is 0 Å². The first-order valence-electron chi connectivity index (χ1n) is 7.29. The zero-order valence-electron chi connectivity index (χ0n) is 13.6. The summed E-state index contributed by atoms with van der Waals surface area (Å²) >= 11 is 5.25. The van der Waals surface area contributed by atoms with E-state index in [1.54, 1.807) is 12.1 Å². The molecule has 6 heteroatoms. The van der Waals surface area contributed by atoms with Crippen molar-refractivity contribution in [2.75, 3.05) is 25.6 Å². The molecule has 0 aromatic heterocycles. The van der Waals surface area contributed by atoms with E-state index in [4.69, 9.17) is 21.7 Å². The molecule has 0 atom stereocenters. The van der Waals surface area contributed by atoms with Crippen molar-refractivity contribution in [3.8, 4) is 0 Å². The molecule has 0 amide bonds. The Bertz CT molecular complexity index is 518.